The summed E-state index contributed by atoms with van der Waals surface area (Å²) in [6.07, 6.45) is 1.91. The highest BCUT2D eigenvalue weighted by molar-refractivity contribution is 5.75. The van der Waals surface area contributed by atoms with Crippen LogP contribution in [0.3, 0.4) is 0 Å². The molecule has 4 unspecified atom stereocenters. The molecule has 4 atom stereocenters. The van der Waals surface area contributed by atoms with Crippen LogP contribution in [0.2, 0.25) is 0 Å². The van der Waals surface area contributed by atoms with Crippen molar-refractivity contribution in [2.75, 3.05) is 39.9 Å². The lowest BCUT2D eigenvalue weighted by atomic mass is 9.98. The molecule has 1 N–H and O–H groups in total. The van der Waals surface area contributed by atoms with Gasteiger partial charge in [0.2, 0.25) is 0 Å². The topological polar surface area (TPSA) is 54.0 Å². The first kappa shape index (κ1) is 16.7. The van der Waals surface area contributed by atoms with Gasteiger partial charge in [-0.25, -0.2) is 4.79 Å². The number of hydrogen-bond donors (Lipinski definition) is 1. The normalized spacial score (nSPS) is 30.8. The Labute approximate surface area is 149 Å². The second-order valence-corrected chi connectivity index (χ2v) is 7.40. The van der Waals surface area contributed by atoms with Gasteiger partial charge < -0.3 is 19.7 Å². The summed E-state index contributed by atoms with van der Waals surface area (Å²) < 4.78 is 11.8. The number of hydrogen-bond acceptors (Lipinski definition) is 4. The number of rotatable bonds is 2. The predicted octanol–water partition coefficient (Wildman–Crippen LogP) is 1.41. The molecule has 1 aromatic carbocycles. The van der Waals surface area contributed by atoms with Crippen LogP contribution in [0.25, 0.3) is 0 Å². The van der Waals surface area contributed by atoms with Crippen molar-refractivity contribution in [1.82, 2.24) is 15.1 Å². The number of amides is 2. The maximum absolute atomic E-state index is 12.7. The average molecular weight is 345 g/mol. The number of nitrogens with zero attached hydrogens (tertiary/aromatic N) is 2. The third-order valence-corrected chi connectivity index (χ3v) is 5.68. The van der Waals surface area contributed by atoms with Gasteiger partial charge in [0.1, 0.15) is 12.4 Å². The van der Waals surface area contributed by atoms with E-state index in [0.717, 1.165) is 50.4 Å². The van der Waals surface area contributed by atoms with E-state index < -0.39 is 0 Å². The Morgan fingerprint density at radius 3 is 3.12 bits per heavy atom. The molecule has 3 aliphatic rings. The number of nitrogens with one attached hydrogen (secondary N) is 1. The molecule has 136 valence electrons. The highest BCUT2D eigenvalue weighted by Gasteiger charge is 2.37. The van der Waals surface area contributed by atoms with E-state index in [-0.39, 0.29) is 24.2 Å². The number of benzene rings is 1. The van der Waals surface area contributed by atoms with Crippen LogP contribution in [0.4, 0.5) is 4.79 Å². The molecule has 0 aromatic heterocycles. The van der Waals surface area contributed by atoms with Crippen molar-refractivity contribution in [1.29, 1.82) is 0 Å². The summed E-state index contributed by atoms with van der Waals surface area (Å²) in [5.41, 5.74) is 2.32. The van der Waals surface area contributed by atoms with E-state index in [4.69, 9.17) is 9.47 Å². The maximum Gasteiger partial charge on any atom is 0.317 e. The fourth-order valence-electron chi connectivity index (χ4n) is 4.22. The van der Waals surface area contributed by atoms with E-state index in [1.807, 2.05) is 18.0 Å². The van der Waals surface area contributed by atoms with E-state index in [1.165, 1.54) is 5.56 Å². The molecule has 25 heavy (non-hydrogen) atoms. The number of ether oxygens (including phenoxy) is 2. The number of urea groups is 1. The van der Waals surface area contributed by atoms with Crippen molar-refractivity contribution in [2.24, 2.45) is 0 Å². The highest BCUT2D eigenvalue weighted by Crippen LogP contribution is 2.28. The first-order chi connectivity index (χ1) is 12.1. The number of carbonyl (C=O) groups is 1. The Hall–Kier alpha value is -1.79. The molecule has 0 saturated carbocycles. The van der Waals surface area contributed by atoms with E-state index in [1.54, 1.807) is 0 Å². The molecule has 2 amide bonds. The molecule has 2 saturated heterocycles. The highest BCUT2D eigenvalue weighted by atomic mass is 16.5. The van der Waals surface area contributed by atoms with Crippen molar-refractivity contribution in [3.63, 3.8) is 0 Å². The average Bonchev–Trinajstić information content (AvgIpc) is 2.62. The SMILES string of the molecule is Cc1cccc2c1OCC(NC(=O)N(C)C1CCN3CCOC1C3)C2. The number of carbonyl (C=O) groups excluding carboxylic acids is 1. The minimum absolute atomic E-state index is 0.0108. The van der Waals surface area contributed by atoms with Crippen molar-refractivity contribution >= 4 is 6.03 Å². The number of piperidine rings is 1. The second kappa shape index (κ2) is 6.84. The number of aryl methyl sites for hydroxylation is 1. The van der Waals surface area contributed by atoms with Crippen LogP contribution in [0, 0.1) is 6.92 Å². The lowest BCUT2D eigenvalue weighted by molar-refractivity contribution is -0.0886. The summed E-state index contributed by atoms with van der Waals surface area (Å²) in [5, 5.41) is 3.14. The summed E-state index contributed by atoms with van der Waals surface area (Å²) in [6.45, 7) is 6.33. The van der Waals surface area contributed by atoms with Crippen LogP contribution in [-0.2, 0) is 11.2 Å². The standard InChI is InChI=1S/C19H27N3O3/c1-13-4-3-5-14-10-15(12-25-18(13)14)20-19(23)21(2)16-6-7-22-8-9-24-17(16)11-22/h3-5,15-17H,6-12H2,1-2H3,(H,20,23). The molecule has 0 spiro atoms. The van der Waals surface area contributed by atoms with Gasteiger partial charge in [0, 0.05) is 26.7 Å². The van der Waals surface area contributed by atoms with Crippen molar-refractivity contribution in [2.45, 2.75) is 38.0 Å². The van der Waals surface area contributed by atoms with Gasteiger partial charge in [-0.3, -0.25) is 4.90 Å². The molecule has 6 heteroatoms. The lowest BCUT2D eigenvalue weighted by Gasteiger charge is -2.45. The molecule has 2 bridgehead atoms. The zero-order valence-electron chi connectivity index (χ0n) is 15.0. The fourth-order valence-corrected chi connectivity index (χ4v) is 4.22. The molecule has 1 aromatic rings. The van der Waals surface area contributed by atoms with E-state index in [9.17, 15) is 4.79 Å². The molecule has 3 heterocycles. The summed E-state index contributed by atoms with van der Waals surface area (Å²) in [4.78, 5) is 17.0. The summed E-state index contributed by atoms with van der Waals surface area (Å²) in [5.74, 6) is 0.976. The fraction of sp³-hybridized carbons (Fsp3) is 0.632. The Morgan fingerprint density at radius 1 is 1.36 bits per heavy atom. The van der Waals surface area contributed by atoms with Gasteiger partial charge in [-0.05, 0) is 30.9 Å². The number of morpholine rings is 1. The van der Waals surface area contributed by atoms with Crippen LogP contribution < -0.4 is 10.1 Å². The molecule has 4 rings (SSSR count). The maximum atomic E-state index is 12.7. The van der Waals surface area contributed by atoms with E-state index in [0.29, 0.717) is 6.61 Å². The Bertz CT molecular complexity index is 651. The third kappa shape index (κ3) is 3.33. The van der Waals surface area contributed by atoms with Crippen LogP contribution >= 0.6 is 0 Å². The van der Waals surface area contributed by atoms with Crippen LogP contribution in [0.5, 0.6) is 5.75 Å². The summed E-state index contributed by atoms with van der Waals surface area (Å²) >= 11 is 0. The van der Waals surface area contributed by atoms with Gasteiger partial charge >= 0.3 is 6.03 Å². The van der Waals surface area contributed by atoms with Gasteiger partial charge in [-0.1, -0.05) is 18.2 Å². The Kier molecular flexibility index (Phi) is 4.56. The molecule has 6 nitrogen and oxygen atoms in total. The monoisotopic (exact) mass is 345 g/mol. The van der Waals surface area contributed by atoms with Gasteiger partial charge in [-0.15, -0.1) is 0 Å². The van der Waals surface area contributed by atoms with Gasteiger partial charge in [0.25, 0.3) is 0 Å². The van der Waals surface area contributed by atoms with Crippen LogP contribution in [0.15, 0.2) is 18.2 Å². The molecule has 2 fully saturated rings. The van der Waals surface area contributed by atoms with Gasteiger partial charge in [-0.2, -0.15) is 0 Å². The zero-order valence-corrected chi connectivity index (χ0v) is 15.0. The number of para-hydroxylation sites is 1. The largest absolute Gasteiger partial charge is 0.491 e. The van der Waals surface area contributed by atoms with Crippen LogP contribution in [0.1, 0.15) is 17.5 Å². The molecular weight excluding hydrogens is 318 g/mol. The van der Waals surface area contributed by atoms with Gasteiger partial charge in [0.15, 0.2) is 0 Å². The molecular formula is C19H27N3O3. The van der Waals surface area contributed by atoms with E-state index >= 15 is 0 Å². The molecule has 0 radical (unpaired) electrons. The molecule has 0 aliphatic carbocycles. The first-order valence-electron chi connectivity index (χ1n) is 9.20. The summed E-state index contributed by atoms with van der Waals surface area (Å²) in [6, 6.07) is 6.31. The Balaban J connectivity index is 1.37. The minimum Gasteiger partial charge on any atom is -0.491 e. The number of likely N-dealkylation sites (N-methyl/N-ethyl adjacent to an activating group) is 1. The summed E-state index contributed by atoms with van der Waals surface area (Å²) in [7, 11) is 1.88. The zero-order chi connectivity index (χ0) is 17.4. The third-order valence-electron chi connectivity index (χ3n) is 5.68. The lowest BCUT2D eigenvalue weighted by Crippen LogP contribution is -2.61. The smallest absolute Gasteiger partial charge is 0.317 e. The quantitative estimate of drug-likeness (QED) is 0.881. The van der Waals surface area contributed by atoms with Crippen molar-refractivity contribution < 1.29 is 14.3 Å². The first-order valence-corrected chi connectivity index (χ1v) is 9.20. The van der Waals surface area contributed by atoms with Crippen LogP contribution in [-0.4, -0.2) is 73.9 Å². The predicted molar refractivity (Wildman–Crippen MR) is 95.0 cm³/mol. The second-order valence-electron chi connectivity index (χ2n) is 7.40. The minimum atomic E-state index is -0.0303. The van der Waals surface area contributed by atoms with E-state index in [2.05, 4.69) is 29.3 Å². The van der Waals surface area contributed by atoms with Gasteiger partial charge in [0.05, 0.1) is 24.8 Å². The Morgan fingerprint density at radius 2 is 2.24 bits per heavy atom. The number of fused-ring (bicyclic) bond motifs is 3. The molecule has 3 aliphatic heterocycles. The van der Waals surface area contributed by atoms with Crippen molar-refractivity contribution in [3.8, 4) is 5.75 Å². The van der Waals surface area contributed by atoms with Crippen molar-refractivity contribution in [3.05, 3.63) is 29.3 Å².